The second-order valence-corrected chi connectivity index (χ2v) is 12.1. The molecule has 3 amide bonds. The molecule has 12 nitrogen and oxygen atoms in total. The van der Waals surface area contributed by atoms with Gasteiger partial charge in [0.25, 0.3) is 0 Å². The Kier molecular flexibility index (Phi) is 10.8. The van der Waals surface area contributed by atoms with Crippen molar-refractivity contribution in [1.82, 2.24) is 15.5 Å². The summed E-state index contributed by atoms with van der Waals surface area (Å²) in [7, 11) is 3.49. The van der Waals surface area contributed by atoms with Crippen molar-refractivity contribution in [2.24, 2.45) is 0 Å². The summed E-state index contributed by atoms with van der Waals surface area (Å²) in [6, 6.07) is 3.28. The van der Waals surface area contributed by atoms with Crippen molar-refractivity contribution in [2.45, 2.75) is 90.7 Å². The van der Waals surface area contributed by atoms with Gasteiger partial charge in [-0.05, 0) is 67.0 Å². The zero-order valence-corrected chi connectivity index (χ0v) is 26.0. The number of benzene rings is 1. The third-order valence-electron chi connectivity index (χ3n) is 6.90. The summed E-state index contributed by atoms with van der Waals surface area (Å²) < 4.78 is 28.0. The van der Waals surface area contributed by atoms with Gasteiger partial charge in [0.15, 0.2) is 0 Å². The molecule has 2 N–H and O–H groups in total. The first kappa shape index (κ1) is 33.9. The zero-order chi connectivity index (χ0) is 31.3. The fourth-order valence-electron chi connectivity index (χ4n) is 3.91. The number of amides is 3. The summed E-state index contributed by atoms with van der Waals surface area (Å²) in [5.74, 6) is -1.28. The van der Waals surface area contributed by atoms with E-state index < -0.39 is 59.9 Å². The van der Waals surface area contributed by atoms with Crippen LogP contribution in [-0.4, -0.2) is 92.6 Å². The van der Waals surface area contributed by atoms with Gasteiger partial charge in [0.1, 0.15) is 30.0 Å². The van der Waals surface area contributed by atoms with Gasteiger partial charge in [-0.3, -0.25) is 9.59 Å². The van der Waals surface area contributed by atoms with Gasteiger partial charge in [-0.25, -0.2) is 9.59 Å². The molecule has 2 unspecified atom stereocenters. The van der Waals surface area contributed by atoms with Crippen LogP contribution in [0, 0.1) is 0 Å². The first-order chi connectivity index (χ1) is 18.8. The predicted molar refractivity (Wildman–Crippen MR) is 153 cm³/mol. The number of carbonyl (C=O) groups is 4. The van der Waals surface area contributed by atoms with E-state index in [0.717, 1.165) is 4.90 Å². The van der Waals surface area contributed by atoms with Crippen LogP contribution in [0.5, 0.6) is 5.75 Å². The molecule has 1 aliphatic rings. The molecule has 0 bridgehead atoms. The summed E-state index contributed by atoms with van der Waals surface area (Å²) in [6.45, 7) is 14.1. The predicted octanol–water partition coefficient (Wildman–Crippen LogP) is 1.57. The Labute approximate surface area is 242 Å². The monoisotopic (exact) mass is 577 g/mol. The van der Waals surface area contributed by atoms with E-state index >= 15 is 0 Å². The maximum Gasteiger partial charge on any atom is 0.498 e. The summed E-state index contributed by atoms with van der Waals surface area (Å²) >= 11 is 0. The number of nitrogens with one attached hydrogen (secondary N) is 2. The molecule has 41 heavy (non-hydrogen) atoms. The molecule has 1 fully saturated rings. The van der Waals surface area contributed by atoms with Crippen molar-refractivity contribution >= 4 is 36.5 Å². The van der Waals surface area contributed by atoms with Crippen LogP contribution in [0.4, 0.5) is 4.79 Å². The lowest BCUT2D eigenvalue weighted by Crippen LogP contribution is -2.52. The number of likely N-dealkylation sites (N-methyl/N-ethyl adjacent to an activating group) is 1. The van der Waals surface area contributed by atoms with Crippen LogP contribution in [0.15, 0.2) is 18.2 Å². The summed E-state index contributed by atoms with van der Waals surface area (Å²) in [5, 5.41) is 5.17. The second-order valence-electron chi connectivity index (χ2n) is 12.1. The minimum absolute atomic E-state index is 0.0942. The highest BCUT2D eigenvalue weighted by atomic mass is 16.7. The first-order valence-electron chi connectivity index (χ1n) is 13.4. The summed E-state index contributed by atoms with van der Waals surface area (Å²) in [6.07, 6.45) is -0.577. The standard InChI is InChI=1S/C28H44BN3O9/c1-17(30-22(33)16-32(9)25(36)39-26(2,3)4)23(34)31-20(24(35)38-11)15-18-12-13-21(37-10)19(14-18)29-40-27(5,6)28(7,8)41-29/h12-14,17,20H,15-16H2,1-11H3,(H,30,33)(H,31,34). The van der Waals surface area contributed by atoms with Gasteiger partial charge < -0.3 is 39.1 Å². The van der Waals surface area contributed by atoms with Crippen molar-refractivity contribution in [3.63, 3.8) is 0 Å². The third kappa shape index (κ3) is 9.09. The molecular weight excluding hydrogens is 533 g/mol. The fraction of sp³-hybridized carbons (Fsp3) is 0.643. The van der Waals surface area contributed by atoms with Crippen molar-refractivity contribution in [3.05, 3.63) is 23.8 Å². The van der Waals surface area contributed by atoms with E-state index in [1.54, 1.807) is 46.1 Å². The van der Waals surface area contributed by atoms with E-state index in [9.17, 15) is 19.2 Å². The lowest BCUT2D eigenvalue weighted by molar-refractivity contribution is -0.145. The molecule has 2 atom stereocenters. The number of hydrogen-bond donors (Lipinski definition) is 2. The summed E-state index contributed by atoms with van der Waals surface area (Å²) in [4.78, 5) is 51.2. The van der Waals surface area contributed by atoms with Crippen LogP contribution in [-0.2, 0) is 39.6 Å². The maximum absolute atomic E-state index is 12.9. The molecule has 1 heterocycles. The van der Waals surface area contributed by atoms with Gasteiger partial charge in [0, 0.05) is 18.9 Å². The van der Waals surface area contributed by atoms with Crippen LogP contribution < -0.4 is 20.8 Å². The molecule has 0 spiro atoms. The Morgan fingerprint density at radius 2 is 1.61 bits per heavy atom. The van der Waals surface area contributed by atoms with Crippen LogP contribution in [0.25, 0.3) is 0 Å². The number of nitrogens with zero attached hydrogens (tertiary/aromatic N) is 1. The number of hydrogen-bond acceptors (Lipinski definition) is 9. The molecule has 1 saturated heterocycles. The topological polar surface area (TPSA) is 142 Å². The van der Waals surface area contributed by atoms with E-state index in [1.165, 1.54) is 21.1 Å². The second kappa shape index (κ2) is 13.1. The molecule has 0 radical (unpaired) electrons. The molecule has 13 heteroatoms. The van der Waals surface area contributed by atoms with Crippen LogP contribution in [0.2, 0.25) is 0 Å². The van der Waals surface area contributed by atoms with Crippen molar-refractivity contribution in [1.29, 1.82) is 0 Å². The molecule has 1 aromatic carbocycles. The molecule has 1 aliphatic heterocycles. The Hall–Kier alpha value is -3.32. The zero-order valence-electron chi connectivity index (χ0n) is 26.0. The molecule has 228 valence electrons. The Morgan fingerprint density at radius 1 is 1.02 bits per heavy atom. The average molecular weight is 577 g/mol. The molecule has 2 rings (SSSR count). The number of ether oxygens (including phenoxy) is 3. The van der Waals surface area contributed by atoms with Gasteiger partial charge >= 0.3 is 19.2 Å². The largest absolute Gasteiger partial charge is 0.498 e. The normalized spacial score (nSPS) is 17.2. The summed E-state index contributed by atoms with van der Waals surface area (Å²) in [5.41, 5.74) is -0.505. The smallest absolute Gasteiger partial charge is 0.497 e. The van der Waals surface area contributed by atoms with Crippen molar-refractivity contribution < 1.29 is 42.7 Å². The number of carbonyl (C=O) groups excluding carboxylic acids is 4. The first-order valence-corrected chi connectivity index (χ1v) is 13.4. The fourth-order valence-corrected chi connectivity index (χ4v) is 3.91. The molecule has 0 saturated carbocycles. The van der Waals surface area contributed by atoms with Crippen molar-refractivity contribution in [3.8, 4) is 5.75 Å². The van der Waals surface area contributed by atoms with Gasteiger partial charge in [-0.15, -0.1) is 0 Å². The molecule has 0 aliphatic carbocycles. The van der Waals surface area contributed by atoms with Crippen LogP contribution >= 0.6 is 0 Å². The lowest BCUT2D eigenvalue weighted by atomic mass is 9.77. The van der Waals surface area contributed by atoms with Crippen LogP contribution in [0.1, 0.15) is 61.0 Å². The average Bonchev–Trinajstić information content (AvgIpc) is 3.08. The minimum atomic E-state index is -1.05. The SMILES string of the molecule is COC(=O)C(Cc1ccc(OC)c(B2OC(C)(C)C(C)(C)O2)c1)NC(=O)C(C)NC(=O)CN(C)C(=O)OC(C)(C)C. The number of methoxy groups -OCH3 is 2. The van der Waals surface area contributed by atoms with Crippen LogP contribution in [0.3, 0.4) is 0 Å². The van der Waals surface area contributed by atoms with E-state index in [0.29, 0.717) is 16.8 Å². The van der Waals surface area contributed by atoms with E-state index in [4.69, 9.17) is 23.5 Å². The van der Waals surface area contributed by atoms with E-state index in [-0.39, 0.29) is 13.0 Å². The van der Waals surface area contributed by atoms with Gasteiger partial charge in [0.05, 0.1) is 25.4 Å². The van der Waals surface area contributed by atoms with Crippen molar-refractivity contribution in [2.75, 3.05) is 27.8 Å². The molecular formula is C28H44BN3O9. The Morgan fingerprint density at radius 3 is 2.12 bits per heavy atom. The molecule has 1 aromatic rings. The highest BCUT2D eigenvalue weighted by Crippen LogP contribution is 2.37. The quantitative estimate of drug-likeness (QED) is 0.313. The highest BCUT2D eigenvalue weighted by Gasteiger charge is 2.52. The highest BCUT2D eigenvalue weighted by molar-refractivity contribution is 6.63. The van der Waals surface area contributed by atoms with Gasteiger partial charge in [-0.2, -0.15) is 0 Å². The van der Waals surface area contributed by atoms with E-state index in [2.05, 4.69) is 10.6 Å². The third-order valence-corrected chi connectivity index (χ3v) is 6.90. The van der Waals surface area contributed by atoms with E-state index in [1.807, 2.05) is 27.7 Å². The van der Waals surface area contributed by atoms with Gasteiger partial charge in [-0.1, -0.05) is 12.1 Å². The maximum atomic E-state index is 12.9. The minimum Gasteiger partial charge on any atom is -0.497 e. The Balaban J connectivity index is 2.11. The molecule has 0 aromatic heterocycles. The number of rotatable bonds is 10. The lowest BCUT2D eigenvalue weighted by Gasteiger charge is -2.32. The van der Waals surface area contributed by atoms with Gasteiger partial charge in [0.2, 0.25) is 11.8 Å². The number of esters is 1. The Bertz CT molecular complexity index is 1120.